The van der Waals surface area contributed by atoms with Crippen molar-refractivity contribution in [3.63, 3.8) is 0 Å². The topological polar surface area (TPSA) is 38.3 Å². The molecule has 104 valence electrons. The van der Waals surface area contributed by atoms with E-state index in [2.05, 4.69) is 5.32 Å². The lowest BCUT2D eigenvalue weighted by molar-refractivity contribution is -0.182. The number of halogens is 3. The Hall–Kier alpha value is -0.780. The van der Waals surface area contributed by atoms with Crippen LogP contribution in [0.2, 0.25) is 0 Å². The van der Waals surface area contributed by atoms with E-state index in [0.717, 1.165) is 6.42 Å². The molecule has 1 saturated heterocycles. The molecule has 1 aliphatic carbocycles. The van der Waals surface area contributed by atoms with E-state index < -0.39 is 18.2 Å². The quantitative estimate of drug-likeness (QED) is 0.832. The van der Waals surface area contributed by atoms with E-state index >= 15 is 0 Å². The van der Waals surface area contributed by atoms with Crippen molar-refractivity contribution >= 4 is 5.91 Å². The molecule has 2 aliphatic rings. The number of carbonyl (C=O) groups is 1. The first kappa shape index (κ1) is 13.6. The van der Waals surface area contributed by atoms with Gasteiger partial charge >= 0.3 is 6.18 Å². The number of nitrogens with one attached hydrogen (secondary N) is 1. The van der Waals surface area contributed by atoms with Crippen molar-refractivity contribution in [2.45, 2.75) is 56.8 Å². The maximum atomic E-state index is 12.5. The molecule has 1 heterocycles. The summed E-state index contributed by atoms with van der Waals surface area (Å²) in [6, 6.07) is -0.125. The van der Waals surface area contributed by atoms with Gasteiger partial charge < -0.3 is 10.1 Å². The van der Waals surface area contributed by atoms with Gasteiger partial charge in [0.1, 0.15) is 6.10 Å². The summed E-state index contributed by atoms with van der Waals surface area (Å²) in [7, 11) is 0. The molecule has 1 amide bonds. The molecule has 1 saturated carbocycles. The van der Waals surface area contributed by atoms with E-state index in [0.29, 0.717) is 25.9 Å². The van der Waals surface area contributed by atoms with E-state index in [1.807, 2.05) is 0 Å². The second-order valence-corrected chi connectivity index (χ2v) is 5.10. The molecule has 0 aromatic rings. The first-order valence-electron chi connectivity index (χ1n) is 6.45. The molecular weight excluding hydrogens is 247 g/mol. The zero-order valence-corrected chi connectivity index (χ0v) is 10.1. The molecule has 0 radical (unpaired) electrons. The largest absolute Gasteiger partial charge is 0.391 e. The SMILES string of the molecule is O=C(NC1CCC(C(F)(F)F)CC1)C1CCCO1. The molecule has 2 rings (SSSR count). The number of amides is 1. The third-order valence-corrected chi connectivity index (χ3v) is 3.76. The van der Waals surface area contributed by atoms with Gasteiger partial charge in [-0.15, -0.1) is 0 Å². The Bertz CT molecular complexity index is 292. The summed E-state index contributed by atoms with van der Waals surface area (Å²) >= 11 is 0. The number of hydrogen-bond acceptors (Lipinski definition) is 2. The Labute approximate surface area is 104 Å². The third kappa shape index (κ3) is 3.37. The second-order valence-electron chi connectivity index (χ2n) is 5.10. The van der Waals surface area contributed by atoms with Crippen molar-refractivity contribution < 1.29 is 22.7 Å². The van der Waals surface area contributed by atoms with Gasteiger partial charge in [0, 0.05) is 12.6 Å². The van der Waals surface area contributed by atoms with Gasteiger partial charge in [0.05, 0.1) is 5.92 Å². The van der Waals surface area contributed by atoms with E-state index in [1.165, 1.54) is 0 Å². The Morgan fingerprint density at radius 1 is 1.11 bits per heavy atom. The fraction of sp³-hybridized carbons (Fsp3) is 0.917. The smallest absolute Gasteiger partial charge is 0.368 e. The maximum absolute atomic E-state index is 12.5. The molecule has 2 fully saturated rings. The summed E-state index contributed by atoms with van der Waals surface area (Å²) in [6.07, 6.45) is -1.87. The van der Waals surface area contributed by atoms with Gasteiger partial charge in [0.2, 0.25) is 5.91 Å². The third-order valence-electron chi connectivity index (χ3n) is 3.76. The Kier molecular flexibility index (Phi) is 4.14. The molecule has 0 bridgehead atoms. The predicted octanol–water partition coefficient (Wildman–Crippen LogP) is 2.40. The zero-order chi connectivity index (χ0) is 13.2. The predicted molar refractivity (Wildman–Crippen MR) is 58.9 cm³/mol. The van der Waals surface area contributed by atoms with Crippen LogP contribution >= 0.6 is 0 Å². The Morgan fingerprint density at radius 3 is 2.28 bits per heavy atom. The van der Waals surface area contributed by atoms with Crippen LogP contribution < -0.4 is 5.32 Å². The van der Waals surface area contributed by atoms with Gasteiger partial charge in [0.15, 0.2) is 0 Å². The van der Waals surface area contributed by atoms with Crippen LogP contribution in [0.15, 0.2) is 0 Å². The van der Waals surface area contributed by atoms with E-state index in [9.17, 15) is 18.0 Å². The van der Waals surface area contributed by atoms with Crippen molar-refractivity contribution in [1.29, 1.82) is 0 Å². The summed E-state index contributed by atoms with van der Waals surface area (Å²) in [4.78, 5) is 11.7. The molecule has 0 aromatic heterocycles. The van der Waals surface area contributed by atoms with Gasteiger partial charge in [-0.2, -0.15) is 13.2 Å². The minimum Gasteiger partial charge on any atom is -0.368 e. The van der Waals surface area contributed by atoms with Gasteiger partial charge in [-0.1, -0.05) is 0 Å². The highest BCUT2D eigenvalue weighted by Crippen LogP contribution is 2.37. The van der Waals surface area contributed by atoms with Gasteiger partial charge in [-0.25, -0.2) is 0 Å². The lowest BCUT2D eigenvalue weighted by Crippen LogP contribution is -2.44. The van der Waals surface area contributed by atoms with Crippen LogP contribution in [0, 0.1) is 5.92 Å². The molecule has 1 atom stereocenters. The summed E-state index contributed by atoms with van der Waals surface area (Å²) < 4.78 is 42.6. The number of carbonyl (C=O) groups excluding carboxylic acids is 1. The Balaban J connectivity index is 1.75. The monoisotopic (exact) mass is 265 g/mol. The average molecular weight is 265 g/mol. The molecule has 0 aromatic carbocycles. The van der Waals surface area contributed by atoms with Crippen molar-refractivity contribution in [2.24, 2.45) is 5.92 Å². The van der Waals surface area contributed by atoms with E-state index in [1.54, 1.807) is 0 Å². The van der Waals surface area contributed by atoms with Crippen molar-refractivity contribution in [3.8, 4) is 0 Å². The summed E-state index contributed by atoms with van der Waals surface area (Å²) in [6.45, 7) is 0.596. The standard InChI is InChI=1S/C12H18F3NO2/c13-12(14,15)8-3-5-9(6-4-8)16-11(17)10-2-1-7-18-10/h8-10H,1-7H2,(H,16,17). The summed E-state index contributed by atoms with van der Waals surface area (Å²) in [5.74, 6) is -1.36. The minimum atomic E-state index is -4.09. The van der Waals surface area contributed by atoms with Crippen molar-refractivity contribution in [1.82, 2.24) is 5.32 Å². The molecule has 1 unspecified atom stereocenters. The minimum absolute atomic E-state index is 0.111. The molecule has 6 heteroatoms. The van der Waals surface area contributed by atoms with Gasteiger partial charge in [-0.3, -0.25) is 4.79 Å². The van der Waals surface area contributed by atoms with Crippen molar-refractivity contribution in [2.75, 3.05) is 6.61 Å². The number of alkyl halides is 3. The van der Waals surface area contributed by atoms with Crippen LogP contribution in [0.4, 0.5) is 13.2 Å². The molecule has 1 N–H and O–H groups in total. The number of ether oxygens (including phenoxy) is 1. The molecule has 0 spiro atoms. The summed E-state index contributed by atoms with van der Waals surface area (Å²) in [5, 5.41) is 2.80. The zero-order valence-electron chi connectivity index (χ0n) is 10.1. The van der Waals surface area contributed by atoms with Crippen LogP contribution in [0.3, 0.4) is 0 Å². The second kappa shape index (κ2) is 5.47. The lowest BCUT2D eigenvalue weighted by Gasteiger charge is -2.30. The van der Waals surface area contributed by atoms with Gasteiger partial charge in [-0.05, 0) is 38.5 Å². The van der Waals surface area contributed by atoms with Crippen LogP contribution in [-0.2, 0) is 9.53 Å². The van der Waals surface area contributed by atoms with Crippen molar-refractivity contribution in [3.05, 3.63) is 0 Å². The molecular formula is C12H18F3NO2. The van der Waals surface area contributed by atoms with Crippen LogP contribution in [0.1, 0.15) is 38.5 Å². The highest BCUT2D eigenvalue weighted by Gasteiger charge is 2.41. The van der Waals surface area contributed by atoms with Gasteiger partial charge in [0.25, 0.3) is 0 Å². The Morgan fingerprint density at radius 2 is 1.78 bits per heavy atom. The molecule has 18 heavy (non-hydrogen) atoms. The van der Waals surface area contributed by atoms with E-state index in [4.69, 9.17) is 4.74 Å². The first-order chi connectivity index (χ1) is 8.47. The highest BCUT2D eigenvalue weighted by molar-refractivity contribution is 5.81. The first-order valence-corrected chi connectivity index (χ1v) is 6.45. The van der Waals surface area contributed by atoms with Crippen LogP contribution in [0.5, 0.6) is 0 Å². The fourth-order valence-corrected chi connectivity index (χ4v) is 2.64. The molecule has 3 nitrogen and oxygen atoms in total. The summed E-state index contributed by atoms with van der Waals surface area (Å²) in [5.41, 5.74) is 0. The highest BCUT2D eigenvalue weighted by atomic mass is 19.4. The molecule has 1 aliphatic heterocycles. The lowest BCUT2D eigenvalue weighted by atomic mass is 9.85. The van der Waals surface area contributed by atoms with E-state index in [-0.39, 0.29) is 24.8 Å². The van der Waals surface area contributed by atoms with Crippen LogP contribution in [0.25, 0.3) is 0 Å². The number of rotatable bonds is 2. The maximum Gasteiger partial charge on any atom is 0.391 e. The fourth-order valence-electron chi connectivity index (χ4n) is 2.64. The average Bonchev–Trinajstić information content (AvgIpc) is 2.82. The number of hydrogen-bond donors (Lipinski definition) is 1. The normalized spacial score (nSPS) is 33.4. The van der Waals surface area contributed by atoms with Crippen LogP contribution in [-0.4, -0.2) is 30.8 Å².